The molecular formula is C24H23N3OS. The van der Waals surface area contributed by atoms with Crippen LogP contribution in [0.4, 0.5) is 0 Å². The summed E-state index contributed by atoms with van der Waals surface area (Å²) in [5, 5.41) is 9.97. The normalized spacial score (nSPS) is 10.8. The Balaban J connectivity index is 1.60. The van der Waals surface area contributed by atoms with Gasteiger partial charge in [0, 0.05) is 17.9 Å². The van der Waals surface area contributed by atoms with E-state index in [9.17, 15) is 0 Å². The lowest BCUT2D eigenvalue weighted by Crippen LogP contribution is -2.05. The second-order valence-electron chi connectivity index (χ2n) is 6.70. The zero-order valence-corrected chi connectivity index (χ0v) is 17.2. The van der Waals surface area contributed by atoms with Crippen LogP contribution >= 0.6 is 11.8 Å². The van der Waals surface area contributed by atoms with E-state index in [0.29, 0.717) is 0 Å². The van der Waals surface area contributed by atoms with Gasteiger partial charge in [-0.25, -0.2) is 0 Å². The van der Waals surface area contributed by atoms with Crippen LogP contribution in [0, 0.1) is 0 Å². The predicted molar refractivity (Wildman–Crippen MR) is 118 cm³/mol. The molecule has 0 saturated heterocycles. The second kappa shape index (κ2) is 9.43. The Morgan fingerprint density at radius 2 is 1.45 bits per heavy atom. The first-order chi connectivity index (χ1) is 14.3. The molecule has 1 heterocycles. The summed E-state index contributed by atoms with van der Waals surface area (Å²) in [7, 11) is 1.68. The number of hydrogen-bond donors (Lipinski definition) is 0. The molecular weight excluding hydrogens is 378 g/mol. The minimum Gasteiger partial charge on any atom is -0.497 e. The Kier molecular flexibility index (Phi) is 6.27. The van der Waals surface area contributed by atoms with E-state index in [-0.39, 0.29) is 0 Å². The molecule has 0 radical (unpaired) electrons. The van der Waals surface area contributed by atoms with Gasteiger partial charge in [0.2, 0.25) is 0 Å². The average Bonchev–Trinajstić information content (AvgIpc) is 3.20. The van der Waals surface area contributed by atoms with Crippen molar-refractivity contribution in [2.24, 2.45) is 0 Å². The highest BCUT2D eigenvalue weighted by atomic mass is 32.2. The smallest absolute Gasteiger partial charge is 0.191 e. The van der Waals surface area contributed by atoms with Crippen LogP contribution < -0.4 is 4.74 Å². The van der Waals surface area contributed by atoms with Gasteiger partial charge < -0.3 is 9.30 Å². The molecule has 146 valence electrons. The van der Waals surface area contributed by atoms with Crippen molar-refractivity contribution in [1.29, 1.82) is 0 Å². The fourth-order valence-electron chi connectivity index (χ4n) is 3.16. The first-order valence-electron chi connectivity index (χ1n) is 9.62. The summed E-state index contributed by atoms with van der Waals surface area (Å²) < 4.78 is 7.51. The van der Waals surface area contributed by atoms with E-state index in [2.05, 4.69) is 63.3 Å². The van der Waals surface area contributed by atoms with Gasteiger partial charge in [0.25, 0.3) is 0 Å². The molecule has 4 nitrogen and oxygen atoms in total. The van der Waals surface area contributed by atoms with Crippen LogP contribution in [-0.2, 0) is 18.7 Å². The van der Waals surface area contributed by atoms with E-state index in [0.717, 1.165) is 41.0 Å². The Hall–Kier alpha value is -3.05. The molecule has 3 aromatic carbocycles. The van der Waals surface area contributed by atoms with E-state index >= 15 is 0 Å². The van der Waals surface area contributed by atoms with Gasteiger partial charge in [-0.1, -0.05) is 72.4 Å². The van der Waals surface area contributed by atoms with Gasteiger partial charge in [0.15, 0.2) is 11.0 Å². The average molecular weight is 402 g/mol. The highest BCUT2D eigenvalue weighted by Crippen LogP contribution is 2.28. The molecule has 0 aliphatic heterocycles. The molecule has 0 saturated carbocycles. The molecule has 29 heavy (non-hydrogen) atoms. The molecule has 0 fully saturated rings. The molecule has 0 unspecified atom stereocenters. The maximum atomic E-state index is 5.29. The summed E-state index contributed by atoms with van der Waals surface area (Å²) in [5.74, 6) is 2.59. The predicted octanol–water partition coefficient (Wildman–Crippen LogP) is 5.49. The monoisotopic (exact) mass is 401 g/mol. The van der Waals surface area contributed by atoms with Gasteiger partial charge in [0.05, 0.1) is 7.11 Å². The van der Waals surface area contributed by atoms with E-state index < -0.39 is 0 Å². The maximum absolute atomic E-state index is 5.29. The van der Waals surface area contributed by atoms with E-state index in [1.165, 1.54) is 11.1 Å². The van der Waals surface area contributed by atoms with Gasteiger partial charge in [-0.15, -0.1) is 10.2 Å². The Morgan fingerprint density at radius 3 is 2.10 bits per heavy atom. The van der Waals surface area contributed by atoms with Crippen LogP contribution in [0.15, 0.2) is 90.1 Å². The molecule has 0 spiro atoms. The molecule has 0 atom stereocenters. The van der Waals surface area contributed by atoms with Gasteiger partial charge >= 0.3 is 0 Å². The van der Waals surface area contributed by atoms with Crippen LogP contribution in [0.1, 0.15) is 11.1 Å². The fraction of sp³-hybridized carbons (Fsp3) is 0.167. The van der Waals surface area contributed by atoms with Crippen molar-refractivity contribution in [3.63, 3.8) is 0 Å². The number of methoxy groups -OCH3 is 1. The van der Waals surface area contributed by atoms with E-state index in [1.807, 2.05) is 36.4 Å². The standard InChI is InChI=1S/C24H23N3OS/c1-28-22-14-12-21(13-15-22)23-25-26-24(29-18-20-10-6-3-7-11-20)27(23)17-16-19-8-4-2-5-9-19/h2-15H,16-18H2,1H3. The lowest BCUT2D eigenvalue weighted by atomic mass is 10.1. The number of nitrogens with zero attached hydrogens (tertiary/aromatic N) is 3. The number of ether oxygens (including phenoxy) is 1. The maximum Gasteiger partial charge on any atom is 0.191 e. The summed E-state index contributed by atoms with van der Waals surface area (Å²) >= 11 is 1.72. The van der Waals surface area contributed by atoms with Crippen molar-refractivity contribution in [2.45, 2.75) is 23.9 Å². The van der Waals surface area contributed by atoms with Crippen molar-refractivity contribution in [3.8, 4) is 17.1 Å². The van der Waals surface area contributed by atoms with E-state index in [1.54, 1.807) is 18.9 Å². The minimum absolute atomic E-state index is 0.829. The fourth-order valence-corrected chi connectivity index (χ4v) is 4.08. The van der Waals surface area contributed by atoms with Crippen LogP contribution in [0.2, 0.25) is 0 Å². The quantitative estimate of drug-likeness (QED) is 0.366. The van der Waals surface area contributed by atoms with Crippen LogP contribution in [0.3, 0.4) is 0 Å². The topological polar surface area (TPSA) is 39.9 Å². The molecule has 0 amide bonds. The zero-order valence-electron chi connectivity index (χ0n) is 16.4. The summed E-state index contributed by atoms with van der Waals surface area (Å²) in [6.45, 7) is 0.829. The van der Waals surface area contributed by atoms with Gasteiger partial charge in [0.1, 0.15) is 5.75 Å². The van der Waals surface area contributed by atoms with Crippen molar-refractivity contribution in [1.82, 2.24) is 14.8 Å². The lowest BCUT2D eigenvalue weighted by molar-refractivity contribution is 0.415. The second-order valence-corrected chi connectivity index (χ2v) is 7.64. The van der Waals surface area contributed by atoms with Gasteiger partial charge in [-0.3, -0.25) is 0 Å². The molecule has 0 aliphatic carbocycles. The SMILES string of the molecule is COc1ccc(-c2nnc(SCc3ccccc3)n2CCc2ccccc2)cc1. The van der Waals surface area contributed by atoms with Crippen LogP contribution in [-0.4, -0.2) is 21.9 Å². The zero-order chi connectivity index (χ0) is 19.9. The van der Waals surface area contributed by atoms with Crippen LogP contribution in [0.5, 0.6) is 5.75 Å². The molecule has 4 aromatic rings. The Morgan fingerprint density at radius 1 is 0.793 bits per heavy atom. The molecule has 0 aliphatic rings. The third kappa shape index (κ3) is 4.87. The lowest BCUT2D eigenvalue weighted by Gasteiger charge is -2.11. The number of benzene rings is 3. The third-order valence-electron chi connectivity index (χ3n) is 4.74. The number of thioether (sulfide) groups is 1. The van der Waals surface area contributed by atoms with Crippen molar-refractivity contribution < 1.29 is 4.74 Å². The van der Waals surface area contributed by atoms with Crippen molar-refractivity contribution in [3.05, 3.63) is 96.1 Å². The Bertz CT molecular complexity index is 1030. The number of rotatable bonds is 8. The summed E-state index contributed by atoms with van der Waals surface area (Å²) in [5.41, 5.74) is 3.62. The van der Waals surface area contributed by atoms with Crippen LogP contribution in [0.25, 0.3) is 11.4 Å². The van der Waals surface area contributed by atoms with Gasteiger partial charge in [-0.2, -0.15) is 0 Å². The molecule has 1 aromatic heterocycles. The summed E-state index contributed by atoms with van der Waals surface area (Å²) in [6, 6.07) is 29.0. The number of aryl methyl sites for hydroxylation is 1. The van der Waals surface area contributed by atoms with Crippen molar-refractivity contribution >= 4 is 11.8 Å². The Labute approximate surface area is 175 Å². The third-order valence-corrected chi connectivity index (χ3v) is 5.78. The first kappa shape index (κ1) is 19.3. The molecule has 4 rings (SSSR count). The molecule has 0 bridgehead atoms. The summed E-state index contributed by atoms with van der Waals surface area (Å²) in [4.78, 5) is 0. The van der Waals surface area contributed by atoms with Crippen molar-refractivity contribution in [2.75, 3.05) is 7.11 Å². The molecule has 5 heteroatoms. The van der Waals surface area contributed by atoms with Gasteiger partial charge in [-0.05, 0) is 41.8 Å². The highest BCUT2D eigenvalue weighted by molar-refractivity contribution is 7.98. The highest BCUT2D eigenvalue weighted by Gasteiger charge is 2.15. The largest absolute Gasteiger partial charge is 0.497 e. The van der Waals surface area contributed by atoms with E-state index in [4.69, 9.17) is 4.74 Å². The molecule has 0 N–H and O–H groups in total. The summed E-state index contributed by atoms with van der Waals surface area (Å²) in [6.07, 6.45) is 0.931. The first-order valence-corrected chi connectivity index (χ1v) is 10.6. The number of hydrogen-bond acceptors (Lipinski definition) is 4. The number of aromatic nitrogens is 3. The minimum atomic E-state index is 0.829.